The van der Waals surface area contributed by atoms with Crippen LogP contribution >= 0.6 is 27.5 Å². The first-order valence-corrected chi connectivity index (χ1v) is 8.87. The molecule has 0 saturated heterocycles. The molecule has 2 rings (SSSR count). The van der Waals surface area contributed by atoms with Crippen molar-refractivity contribution in [3.8, 4) is 0 Å². The first-order chi connectivity index (χ1) is 8.95. The lowest BCUT2D eigenvalue weighted by Crippen LogP contribution is -2.37. The third-order valence-electron chi connectivity index (χ3n) is 3.43. The van der Waals surface area contributed by atoms with Crippen molar-refractivity contribution in [2.24, 2.45) is 5.92 Å². The van der Waals surface area contributed by atoms with Gasteiger partial charge in [0.05, 0.1) is 0 Å². The van der Waals surface area contributed by atoms with Gasteiger partial charge in [0.2, 0.25) is 10.0 Å². The third kappa shape index (κ3) is 3.29. The summed E-state index contributed by atoms with van der Waals surface area (Å²) in [6.07, 6.45) is 4.90. The lowest BCUT2D eigenvalue weighted by atomic mass is 9.85. The molecule has 1 saturated carbocycles. The molecular formula is C12H16BrClN2O2S. The van der Waals surface area contributed by atoms with Crippen LogP contribution in [-0.4, -0.2) is 30.8 Å². The summed E-state index contributed by atoms with van der Waals surface area (Å²) in [6, 6.07) is 1.51. The monoisotopic (exact) mass is 366 g/mol. The SMILES string of the molecule is CCN(CC1CCC1)S(=O)(=O)c1cc(Br)cnc1Cl. The van der Waals surface area contributed by atoms with Crippen LogP contribution in [0.3, 0.4) is 0 Å². The van der Waals surface area contributed by atoms with Gasteiger partial charge in [-0.05, 0) is 40.8 Å². The maximum absolute atomic E-state index is 12.6. The lowest BCUT2D eigenvalue weighted by molar-refractivity contribution is 0.250. The van der Waals surface area contributed by atoms with Gasteiger partial charge in [0, 0.05) is 23.8 Å². The second-order valence-electron chi connectivity index (χ2n) is 4.70. The number of hydrogen-bond acceptors (Lipinski definition) is 3. The van der Waals surface area contributed by atoms with Gasteiger partial charge in [0.1, 0.15) is 10.0 Å². The Labute approximate surface area is 127 Å². The molecule has 0 amide bonds. The zero-order valence-electron chi connectivity index (χ0n) is 10.6. The molecule has 4 nitrogen and oxygen atoms in total. The van der Waals surface area contributed by atoms with E-state index in [9.17, 15) is 8.42 Å². The molecule has 0 N–H and O–H groups in total. The second kappa shape index (κ2) is 6.08. The molecule has 0 unspecified atom stereocenters. The number of nitrogens with zero attached hydrogens (tertiary/aromatic N) is 2. The molecule has 1 aliphatic carbocycles. The Kier molecular flexibility index (Phi) is 4.87. The Bertz CT molecular complexity index is 561. The molecule has 1 aromatic heterocycles. The van der Waals surface area contributed by atoms with E-state index in [-0.39, 0.29) is 10.0 Å². The lowest BCUT2D eigenvalue weighted by Gasteiger charge is -2.31. The van der Waals surface area contributed by atoms with Gasteiger partial charge in [-0.2, -0.15) is 4.31 Å². The highest BCUT2D eigenvalue weighted by Crippen LogP contribution is 2.31. The van der Waals surface area contributed by atoms with Gasteiger partial charge >= 0.3 is 0 Å². The van der Waals surface area contributed by atoms with Crippen LogP contribution in [0.2, 0.25) is 5.15 Å². The molecular weight excluding hydrogens is 352 g/mol. The minimum absolute atomic E-state index is 0.0234. The molecule has 0 aromatic carbocycles. The molecule has 19 heavy (non-hydrogen) atoms. The fourth-order valence-corrected chi connectivity index (χ4v) is 4.53. The van der Waals surface area contributed by atoms with Crippen LogP contribution in [0.1, 0.15) is 26.2 Å². The average molecular weight is 368 g/mol. The summed E-state index contributed by atoms with van der Waals surface area (Å²) >= 11 is 9.16. The predicted octanol–water partition coefficient (Wildman–Crippen LogP) is 3.31. The molecule has 0 spiro atoms. The van der Waals surface area contributed by atoms with Gasteiger partial charge in [-0.25, -0.2) is 13.4 Å². The first-order valence-electron chi connectivity index (χ1n) is 6.26. The fourth-order valence-electron chi connectivity index (χ4n) is 2.08. The quantitative estimate of drug-likeness (QED) is 0.750. The Morgan fingerprint density at radius 3 is 2.74 bits per heavy atom. The zero-order chi connectivity index (χ0) is 14.0. The number of aromatic nitrogens is 1. The Balaban J connectivity index is 2.30. The van der Waals surface area contributed by atoms with Crippen LogP contribution in [-0.2, 0) is 10.0 Å². The third-order valence-corrected chi connectivity index (χ3v) is 6.23. The van der Waals surface area contributed by atoms with Crippen LogP contribution in [0.15, 0.2) is 21.6 Å². The number of halogens is 2. The summed E-state index contributed by atoms with van der Waals surface area (Å²) < 4.78 is 27.3. The summed E-state index contributed by atoms with van der Waals surface area (Å²) in [5, 5.41) is 0.0234. The van der Waals surface area contributed by atoms with Crippen molar-refractivity contribution in [1.82, 2.24) is 9.29 Å². The second-order valence-corrected chi connectivity index (χ2v) is 7.88. The van der Waals surface area contributed by atoms with Crippen LogP contribution in [0.4, 0.5) is 0 Å². The van der Waals surface area contributed by atoms with Crippen LogP contribution in [0.25, 0.3) is 0 Å². The van der Waals surface area contributed by atoms with E-state index in [2.05, 4.69) is 20.9 Å². The van der Waals surface area contributed by atoms with Crippen molar-refractivity contribution >= 4 is 37.6 Å². The number of hydrogen-bond donors (Lipinski definition) is 0. The van der Waals surface area contributed by atoms with Gasteiger partial charge in [0.15, 0.2) is 0 Å². The van der Waals surface area contributed by atoms with Crippen LogP contribution < -0.4 is 0 Å². The van der Waals surface area contributed by atoms with Gasteiger partial charge in [0.25, 0.3) is 0 Å². The highest BCUT2D eigenvalue weighted by molar-refractivity contribution is 9.10. The zero-order valence-corrected chi connectivity index (χ0v) is 13.8. The van der Waals surface area contributed by atoms with E-state index in [0.717, 1.165) is 12.8 Å². The van der Waals surface area contributed by atoms with E-state index in [4.69, 9.17) is 11.6 Å². The molecule has 1 aliphatic rings. The van der Waals surface area contributed by atoms with Crippen molar-refractivity contribution < 1.29 is 8.42 Å². The standard InChI is InChI=1S/C12H16BrClN2O2S/c1-2-16(8-9-4-3-5-9)19(17,18)11-6-10(13)7-15-12(11)14/h6-7,9H,2-5,8H2,1H3. The highest BCUT2D eigenvalue weighted by atomic mass is 79.9. The van der Waals surface area contributed by atoms with Gasteiger partial charge in [-0.1, -0.05) is 24.9 Å². The molecule has 106 valence electrons. The number of sulfonamides is 1. The van der Waals surface area contributed by atoms with Crippen LogP contribution in [0, 0.1) is 5.92 Å². The van der Waals surface area contributed by atoms with Crippen molar-refractivity contribution in [1.29, 1.82) is 0 Å². The van der Waals surface area contributed by atoms with Gasteiger partial charge < -0.3 is 0 Å². The fraction of sp³-hybridized carbons (Fsp3) is 0.583. The van der Waals surface area contributed by atoms with Crippen molar-refractivity contribution in [2.75, 3.05) is 13.1 Å². The topological polar surface area (TPSA) is 50.3 Å². The molecule has 0 aliphatic heterocycles. The van der Waals surface area contributed by atoms with Crippen molar-refractivity contribution in [3.05, 3.63) is 21.9 Å². The summed E-state index contributed by atoms with van der Waals surface area (Å²) in [4.78, 5) is 3.96. The Hall–Kier alpha value is -0.170. The van der Waals surface area contributed by atoms with E-state index >= 15 is 0 Å². The first kappa shape index (κ1) is 15.2. The molecule has 7 heteroatoms. The van der Waals surface area contributed by atoms with E-state index < -0.39 is 10.0 Å². The largest absolute Gasteiger partial charge is 0.246 e. The number of rotatable bonds is 5. The summed E-state index contributed by atoms with van der Waals surface area (Å²) in [6.45, 7) is 2.86. The van der Waals surface area contributed by atoms with E-state index in [1.165, 1.54) is 23.0 Å². The summed E-state index contributed by atoms with van der Waals surface area (Å²) in [5.74, 6) is 0.480. The van der Waals surface area contributed by atoms with Crippen LogP contribution in [0.5, 0.6) is 0 Å². The maximum Gasteiger partial charge on any atom is 0.246 e. The highest BCUT2D eigenvalue weighted by Gasteiger charge is 2.30. The molecule has 1 fully saturated rings. The minimum atomic E-state index is -3.57. The minimum Gasteiger partial charge on any atom is -0.242 e. The maximum atomic E-state index is 12.6. The Morgan fingerprint density at radius 2 is 2.21 bits per heavy atom. The average Bonchev–Trinajstić information content (AvgIpc) is 2.30. The predicted molar refractivity (Wildman–Crippen MR) is 78.7 cm³/mol. The summed E-state index contributed by atoms with van der Waals surface area (Å²) in [5.41, 5.74) is 0. The molecule has 0 radical (unpaired) electrons. The van der Waals surface area contributed by atoms with Crippen molar-refractivity contribution in [3.63, 3.8) is 0 Å². The molecule has 0 atom stereocenters. The van der Waals surface area contributed by atoms with E-state index in [0.29, 0.717) is 23.5 Å². The Morgan fingerprint density at radius 1 is 1.53 bits per heavy atom. The molecule has 0 bridgehead atoms. The molecule has 1 heterocycles. The molecule has 1 aromatic rings. The van der Waals surface area contributed by atoms with E-state index in [1.807, 2.05) is 6.92 Å². The smallest absolute Gasteiger partial charge is 0.242 e. The van der Waals surface area contributed by atoms with Gasteiger partial charge in [-0.15, -0.1) is 0 Å². The number of pyridine rings is 1. The normalized spacial score (nSPS) is 16.6. The van der Waals surface area contributed by atoms with Gasteiger partial charge in [-0.3, -0.25) is 0 Å². The summed E-state index contributed by atoms with van der Waals surface area (Å²) in [7, 11) is -3.57. The van der Waals surface area contributed by atoms with Crippen molar-refractivity contribution in [2.45, 2.75) is 31.1 Å². The van der Waals surface area contributed by atoms with E-state index in [1.54, 1.807) is 0 Å².